The number of nitrogen functional groups attached to an aromatic ring is 2. The van der Waals surface area contributed by atoms with E-state index < -0.39 is 0 Å². The van der Waals surface area contributed by atoms with E-state index in [1.165, 1.54) is 0 Å². The number of anilines is 2. The number of hydrogen-bond acceptors (Lipinski definition) is 5. The minimum atomic E-state index is 0.254. The third kappa shape index (κ3) is 2.28. The Morgan fingerprint density at radius 2 is 1.68 bits per heavy atom. The van der Waals surface area contributed by atoms with Gasteiger partial charge in [-0.2, -0.15) is 0 Å². The first-order valence-corrected chi connectivity index (χ1v) is 6.65. The molecule has 2 aromatic heterocycles. The molecule has 94 valence electrons. The lowest BCUT2D eigenvalue weighted by molar-refractivity contribution is 1.20. The van der Waals surface area contributed by atoms with Crippen molar-refractivity contribution in [3.8, 4) is 21.8 Å². The van der Waals surface area contributed by atoms with E-state index in [1.54, 1.807) is 11.3 Å². The SMILES string of the molecule is Nc1nc(-c2cccs2)cc(-c2ccccc2N)n1. The fourth-order valence-electron chi connectivity index (χ4n) is 1.88. The molecule has 3 aromatic rings. The molecule has 0 aliphatic heterocycles. The Kier molecular flexibility index (Phi) is 2.89. The summed E-state index contributed by atoms with van der Waals surface area (Å²) >= 11 is 1.62. The molecule has 4 nitrogen and oxygen atoms in total. The molecule has 0 atom stereocenters. The number of rotatable bonds is 2. The van der Waals surface area contributed by atoms with E-state index >= 15 is 0 Å². The number of nitrogens with two attached hydrogens (primary N) is 2. The lowest BCUT2D eigenvalue weighted by Gasteiger charge is -2.07. The largest absolute Gasteiger partial charge is 0.398 e. The fraction of sp³-hybridized carbons (Fsp3) is 0. The van der Waals surface area contributed by atoms with Gasteiger partial charge in [-0.25, -0.2) is 9.97 Å². The van der Waals surface area contributed by atoms with Gasteiger partial charge in [-0.05, 0) is 23.6 Å². The van der Waals surface area contributed by atoms with E-state index in [2.05, 4.69) is 9.97 Å². The summed E-state index contributed by atoms with van der Waals surface area (Å²) in [4.78, 5) is 9.59. The normalized spacial score (nSPS) is 10.5. The van der Waals surface area contributed by atoms with Crippen LogP contribution < -0.4 is 11.5 Å². The Bertz CT molecular complexity index is 707. The van der Waals surface area contributed by atoms with Crippen LogP contribution >= 0.6 is 11.3 Å². The van der Waals surface area contributed by atoms with Gasteiger partial charge < -0.3 is 11.5 Å². The first-order chi connectivity index (χ1) is 9.24. The summed E-state index contributed by atoms with van der Waals surface area (Å²) in [5.41, 5.74) is 14.9. The highest BCUT2D eigenvalue weighted by atomic mass is 32.1. The molecule has 0 aliphatic rings. The highest BCUT2D eigenvalue weighted by Crippen LogP contribution is 2.29. The third-order valence-electron chi connectivity index (χ3n) is 2.75. The van der Waals surface area contributed by atoms with E-state index in [9.17, 15) is 0 Å². The van der Waals surface area contributed by atoms with Gasteiger partial charge in [0.1, 0.15) is 0 Å². The molecule has 0 saturated heterocycles. The zero-order valence-electron chi connectivity index (χ0n) is 10.1. The Balaban J connectivity index is 2.16. The van der Waals surface area contributed by atoms with Crippen LogP contribution in [-0.2, 0) is 0 Å². The van der Waals surface area contributed by atoms with E-state index in [-0.39, 0.29) is 5.95 Å². The number of para-hydroxylation sites is 1. The van der Waals surface area contributed by atoms with Crippen LogP contribution in [0.2, 0.25) is 0 Å². The molecule has 0 bridgehead atoms. The van der Waals surface area contributed by atoms with E-state index in [0.717, 1.165) is 21.8 Å². The molecule has 0 saturated carbocycles. The van der Waals surface area contributed by atoms with Crippen molar-refractivity contribution in [1.29, 1.82) is 0 Å². The third-order valence-corrected chi connectivity index (χ3v) is 3.65. The average Bonchev–Trinajstić information content (AvgIpc) is 2.92. The Morgan fingerprint density at radius 3 is 2.42 bits per heavy atom. The van der Waals surface area contributed by atoms with Gasteiger partial charge >= 0.3 is 0 Å². The first kappa shape index (κ1) is 11.7. The van der Waals surface area contributed by atoms with Crippen LogP contribution in [0.4, 0.5) is 11.6 Å². The molecule has 5 heteroatoms. The van der Waals surface area contributed by atoms with Crippen LogP contribution in [0.3, 0.4) is 0 Å². The second kappa shape index (κ2) is 4.70. The minimum absolute atomic E-state index is 0.254. The van der Waals surface area contributed by atoms with E-state index in [1.807, 2.05) is 47.8 Å². The zero-order valence-corrected chi connectivity index (χ0v) is 10.9. The zero-order chi connectivity index (χ0) is 13.2. The van der Waals surface area contributed by atoms with Gasteiger partial charge in [0.25, 0.3) is 0 Å². The van der Waals surface area contributed by atoms with Crippen molar-refractivity contribution in [2.45, 2.75) is 0 Å². The maximum atomic E-state index is 5.97. The first-order valence-electron chi connectivity index (χ1n) is 5.77. The summed E-state index contributed by atoms with van der Waals surface area (Å²) in [6.45, 7) is 0. The summed E-state index contributed by atoms with van der Waals surface area (Å²) in [6.07, 6.45) is 0. The van der Waals surface area contributed by atoms with Crippen LogP contribution in [-0.4, -0.2) is 9.97 Å². The van der Waals surface area contributed by atoms with Crippen molar-refractivity contribution in [3.63, 3.8) is 0 Å². The van der Waals surface area contributed by atoms with Gasteiger partial charge in [0.2, 0.25) is 5.95 Å². The van der Waals surface area contributed by atoms with Crippen LogP contribution in [0.5, 0.6) is 0 Å². The molecule has 0 unspecified atom stereocenters. The molecule has 0 aliphatic carbocycles. The van der Waals surface area contributed by atoms with Gasteiger partial charge in [-0.15, -0.1) is 11.3 Å². The molecule has 4 N–H and O–H groups in total. The van der Waals surface area contributed by atoms with Crippen LogP contribution in [0.1, 0.15) is 0 Å². The summed E-state index contributed by atoms with van der Waals surface area (Å²) in [5.74, 6) is 0.254. The highest BCUT2D eigenvalue weighted by Gasteiger charge is 2.09. The Labute approximate surface area is 114 Å². The Morgan fingerprint density at radius 1 is 0.895 bits per heavy atom. The summed E-state index contributed by atoms with van der Waals surface area (Å²) in [6, 6.07) is 13.5. The molecule has 0 radical (unpaired) electrons. The maximum absolute atomic E-state index is 5.97. The van der Waals surface area contributed by atoms with Gasteiger partial charge in [-0.3, -0.25) is 0 Å². The maximum Gasteiger partial charge on any atom is 0.221 e. The van der Waals surface area contributed by atoms with Crippen LogP contribution in [0.15, 0.2) is 47.8 Å². The standard InChI is InChI=1S/C14H12N4S/c15-10-5-2-1-4-9(10)11-8-12(18-14(16)17-11)13-6-3-7-19-13/h1-8H,15H2,(H2,16,17,18). The Hall–Kier alpha value is -2.40. The van der Waals surface area contributed by atoms with Crippen molar-refractivity contribution >= 4 is 23.0 Å². The monoisotopic (exact) mass is 268 g/mol. The summed E-state index contributed by atoms with van der Waals surface area (Å²) in [7, 11) is 0. The lowest BCUT2D eigenvalue weighted by atomic mass is 10.1. The number of hydrogen-bond donors (Lipinski definition) is 2. The average molecular weight is 268 g/mol. The molecule has 0 spiro atoms. The fourth-order valence-corrected chi connectivity index (χ4v) is 2.57. The van der Waals surface area contributed by atoms with Gasteiger partial charge in [0.15, 0.2) is 0 Å². The van der Waals surface area contributed by atoms with Crippen LogP contribution in [0, 0.1) is 0 Å². The quantitative estimate of drug-likeness (QED) is 0.700. The summed E-state index contributed by atoms with van der Waals surface area (Å²) < 4.78 is 0. The number of thiophene rings is 1. The van der Waals surface area contributed by atoms with Gasteiger partial charge in [0.05, 0.1) is 16.3 Å². The molecular weight excluding hydrogens is 256 g/mol. The van der Waals surface area contributed by atoms with E-state index in [4.69, 9.17) is 11.5 Å². The second-order valence-corrected chi connectivity index (χ2v) is 5.01. The summed E-state index contributed by atoms with van der Waals surface area (Å²) in [5, 5.41) is 2.00. The van der Waals surface area contributed by atoms with Crippen molar-refractivity contribution in [3.05, 3.63) is 47.8 Å². The molecule has 0 fully saturated rings. The van der Waals surface area contributed by atoms with Crippen molar-refractivity contribution < 1.29 is 0 Å². The van der Waals surface area contributed by atoms with Crippen LogP contribution in [0.25, 0.3) is 21.8 Å². The van der Waals surface area contributed by atoms with E-state index in [0.29, 0.717) is 5.69 Å². The molecule has 1 aromatic carbocycles. The van der Waals surface area contributed by atoms with Gasteiger partial charge in [-0.1, -0.05) is 24.3 Å². The topological polar surface area (TPSA) is 77.8 Å². The van der Waals surface area contributed by atoms with Crippen molar-refractivity contribution in [2.75, 3.05) is 11.5 Å². The smallest absolute Gasteiger partial charge is 0.221 e. The molecule has 19 heavy (non-hydrogen) atoms. The minimum Gasteiger partial charge on any atom is -0.398 e. The lowest BCUT2D eigenvalue weighted by Crippen LogP contribution is -1.99. The number of nitrogens with zero attached hydrogens (tertiary/aromatic N) is 2. The van der Waals surface area contributed by atoms with Crippen molar-refractivity contribution in [2.24, 2.45) is 0 Å². The predicted octanol–water partition coefficient (Wildman–Crippen LogP) is 3.04. The molecule has 0 amide bonds. The highest BCUT2D eigenvalue weighted by molar-refractivity contribution is 7.13. The van der Waals surface area contributed by atoms with Gasteiger partial charge in [0, 0.05) is 11.3 Å². The molecule has 2 heterocycles. The second-order valence-electron chi connectivity index (χ2n) is 4.06. The predicted molar refractivity (Wildman–Crippen MR) is 79.6 cm³/mol. The number of benzene rings is 1. The number of aromatic nitrogens is 2. The molecular formula is C14H12N4S. The molecule has 3 rings (SSSR count). The van der Waals surface area contributed by atoms with Crippen molar-refractivity contribution in [1.82, 2.24) is 9.97 Å².